The zero-order valence-corrected chi connectivity index (χ0v) is 15.8. The summed E-state index contributed by atoms with van der Waals surface area (Å²) in [4.78, 5) is 14.6. The monoisotopic (exact) mass is 376 g/mol. The van der Waals surface area contributed by atoms with Crippen LogP contribution in [0.4, 0.5) is 0 Å². The molecule has 1 amide bonds. The fourth-order valence-electron chi connectivity index (χ4n) is 2.94. The number of allylic oxidation sites excluding steroid dienone is 2. The van der Waals surface area contributed by atoms with E-state index in [2.05, 4.69) is 16.3 Å². The first-order valence-electron chi connectivity index (χ1n) is 8.47. The van der Waals surface area contributed by atoms with Crippen molar-refractivity contribution in [2.24, 2.45) is 0 Å². The zero-order chi connectivity index (χ0) is 17.6. The van der Waals surface area contributed by atoms with Crippen LogP contribution in [-0.4, -0.2) is 37.9 Å². The van der Waals surface area contributed by atoms with E-state index in [4.69, 9.17) is 11.6 Å². The van der Waals surface area contributed by atoms with Gasteiger partial charge in [-0.1, -0.05) is 35.5 Å². The van der Waals surface area contributed by atoms with Crippen molar-refractivity contribution in [3.63, 3.8) is 0 Å². The van der Waals surface area contributed by atoms with Crippen molar-refractivity contribution in [1.82, 2.24) is 19.7 Å². The molecule has 0 N–H and O–H groups in total. The molecule has 25 heavy (non-hydrogen) atoms. The van der Waals surface area contributed by atoms with Crippen LogP contribution >= 0.6 is 23.4 Å². The number of rotatable bonds is 6. The molecule has 132 valence electrons. The fraction of sp³-hybridized carbons (Fsp3) is 0.389. The zero-order valence-electron chi connectivity index (χ0n) is 14.2. The lowest BCUT2D eigenvalue weighted by molar-refractivity contribution is -0.126. The molecule has 0 saturated carbocycles. The summed E-state index contributed by atoms with van der Waals surface area (Å²) >= 11 is 7.46. The summed E-state index contributed by atoms with van der Waals surface area (Å²) in [6.07, 6.45) is 8.26. The molecule has 1 aromatic heterocycles. The number of benzene rings is 1. The van der Waals surface area contributed by atoms with Gasteiger partial charge in [0, 0.05) is 17.3 Å². The van der Waals surface area contributed by atoms with Gasteiger partial charge in [0.2, 0.25) is 5.91 Å². The summed E-state index contributed by atoms with van der Waals surface area (Å²) < 4.78 is 1.85. The number of hydrogen-bond donors (Lipinski definition) is 0. The average molecular weight is 377 g/mol. The SMILES string of the molecule is CCN(C(=O)CSc1nncn1-c1cccc(Cl)c1)C1=CCCCC1. The van der Waals surface area contributed by atoms with Crippen molar-refractivity contribution < 1.29 is 4.79 Å². The highest BCUT2D eigenvalue weighted by molar-refractivity contribution is 7.99. The molecule has 0 fully saturated rings. The minimum Gasteiger partial charge on any atom is -0.316 e. The highest BCUT2D eigenvalue weighted by Gasteiger charge is 2.19. The molecule has 0 saturated heterocycles. The Bertz CT molecular complexity index is 774. The van der Waals surface area contributed by atoms with E-state index >= 15 is 0 Å². The van der Waals surface area contributed by atoms with Crippen molar-refractivity contribution in [2.75, 3.05) is 12.3 Å². The second-order valence-electron chi connectivity index (χ2n) is 5.83. The standard InChI is InChI=1S/C18H21ClN4OS/c1-2-22(15-8-4-3-5-9-15)17(24)12-25-18-21-20-13-23(18)16-10-6-7-14(19)11-16/h6-8,10-11,13H,2-5,9,12H2,1H3. The molecule has 5 nitrogen and oxygen atoms in total. The van der Waals surface area contributed by atoms with Gasteiger partial charge in [-0.15, -0.1) is 10.2 Å². The lowest BCUT2D eigenvalue weighted by Crippen LogP contribution is -2.32. The average Bonchev–Trinajstić information content (AvgIpc) is 3.10. The number of carbonyl (C=O) groups is 1. The number of aromatic nitrogens is 3. The Hall–Kier alpha value is -1.79. The molecule has 0 unspecified atom stereocenters. The van der Waals surface area contributed by atoms with E-state index in [-0.39, 0.29) is 5.91 Å². The Kier molecular flexibility index (Phi) is 6.15. The first-order valence-corrected chi connectivity index (χ1v) is 9.83. The van der Waals surface area contributed by atoms with Crippen LogP contribution in [0, 0.1) is 0 Å². The lowest BCUT2D eigenvalue weighted by Gasteiger charge is -2.26. The van der Waals surface area contributed by atoms with Gasteiger partial charge >= 0.3 is 0 Å². The normalized spacial score (nSPS) is 14.2. The maximum absolute atomic E-state index is 12.7. The van der Waals surface area contributed by atoms with Crippen LogP contribution in [0.25, 0.3) is 5.69 Å². The fourth-order valence-corrected chi connectivity index (χ4v) is 3.93. The molecule has 2 aromatic rings. The molecular formula is C18H21ClN4OS. The van der Waals surface area contributed by atoms with Crippen LogP contribution in [0.5, 0.6) is 0 Å². The van der Waals surface area contributed by atoms with Gasteiger partial charge in [-0.3, -0.25) is 9.36 Å². The van der Waals surface area contributed by atoms with Gasteiger partial charge in [0.05, 0.1) is 11.4 Å². The molecule has 7 heteroatoms. The topological polar surface area (TPSA) is 51.0 Å². The number of nitrogens with zero attached hydrogens (tertiary/aromatic N) is 4. The van der Waals surface area contributed by atoms with Gasteiger partial charge in [0.1, 0.15) is 6.33 Å². The first kappa shape index (κ1) is 18.0. The van der Waals surface area contributed by atoms with Gasteiger partial charge in [-0.2, -0.15) is 0 Å². The highest BCUT2D eigenvalue weighted by Crippen LogP contribution is 2.24. The Morgan fingerprint density at radius 1 is 1.40 bits per heavy atom. The maximum Gasteiger partial charge on any atom is 0.237 e. The molecule has 1 aliphatic carbocycles. The summed E-state index contributed by atoms with van der Waals surface area (Å²) in [5, 5.41) is 9.45. The Balaban J connectivity index is 1.68. The quantitative estimate of drug-likeness (QED) is 0.704. The summed E-state index contributed by atoms with van der Waals surface area (Å²) in [6.45, 7) is 2.72. The minimum atomic E-state index is 0.112. The van der Waals surface area contributed by atoms with Crippen LogP contribution in [0.15, 0.2) is 47.5 Å². The predicted octanol–water partition coefficient (Wildman–Crippen LogP) is 4.32. The molecule has 0 spiro atoms. The van der Waals surface area contributed by atoms with Crippen LogP contribution < -0.4 is 0 Å². The predicted molar refractivity (Wildman–Crippen MR) is 101 cm³/mol. The summed E-state index contributed by atoms with van der Waals surface area (Å²) in [7, 11) is 0. The third-order valence-corrected chi connectivity index (χ3v) is 5.32. The maximum atomic E-state index is 12.7. The molecule has 3 rings (SSSR count). The Morgan fingerprint density at radius 3 is 3.00 bits per heavy atom. The number of halogens is 1. The molecule has 0 aliphatic heterocycles. The Morgan fingerprint density at radius 2 is 2.28 bits per heavy atom. The van der Waals surface area contributed by atoms with Gasteiger partial charge in [0.15, 0.2) is 5.16 Å². The van der Waals surface area contributed by atoms with E-state index in [9.17, 15) is 4.79 Å². The highest BCUT2D eigenvalue weighted by atomic mass is 35.5. The number of amides is 1. The third-order valence-electron chi connectivity index (χ3n) is 4.16. The molecule has 0 atom stereocenters. The van der Waals surface area contributed by atoms with Crippen molar-refractivity contribution in [3.05, 3.63) is 47.4 Å². The minimum absolute atomic E-state index is 0.112. The summed E-state index contributed by atoms with van der Waals surface area (Å²) in [5.41, 5.74) is 2.05. The third kappa shape index (κ3) is 4.44. The van der Waals surface area contributed by atoms with E-state index < -0.39 is 0 Å². The van der Waals surface area contributed by atoms with E-state index in [0.717, 1.165) is 30.6 Å². The Labute approximate surface area is 157 Å². The largest absolute Gasteiger partial charge is 0.316 e. The summed E-state index contributed by atoms with van der Waals surface area (Å²) in [5.74, 6) is 0.450. The molecule has 1 aliphatic rings. The van der Waals surface area contributed by atoms with Crippen LogP contribution in [-0.2, 0) is 4.79 Å². The van der Waals surface area contributed by atoms with Gasteiger partial charge in [0.25, 0.3) is 0 Å². The summed E-state index contributed by atoms with van der Waals surface area (Å²) in [6, 6.07) is 7.49. The van der Waals surface area contributed by atoms with E-state index in [1.165, 1.54) is 18.2 Å². The number of thioether (sulfide) groups is 1. The molecular weight excluding hydrogens is 356 g/mol. The van der Waals surface area contributed by atoms with Gasteiger partial charge in [-0.25, -0.2) is 0 Å². The number of carbonyl (C=O) groups excluding carboxylic acids is 1. The van der Waals surface area contributed by atoms with Crippen molar-refractivity contribution in [2.45, 2.75) is 37.8 Å². The van der Waals surface area contributed by atoms with Crippen molar-refractivity contribution >= 4 is 29.3 Å². The van der Waals surface area contributed by atoms with E-state index in [1.54, 1.807) is 6.33 Å². The second kappa shape index (κ2) is 8.54. The lowest BCUT2D eigenvalue weighted by atomic mass is 10.0. The smallest absolute Gasteiger partial charge is 0.237 e. The van der Waals surface area contributed by atoms with Gasteiger partial charge in [-0.05, 0) is 50.8 Å². The van der Waals surface area contributed by atoms with Crippen molar-refractivity contribution in [3.8, 4) is 5.69 Å². The van der Waals surface area contributed by atoms with Crippen LogP contribution in [0.3, 0.4) is 0 Å². The van der Waals surface area contributed by atoms with Crippen LogP contribution in [0.1, 0.15) is 32.6 Å². The molecule has 0 bridgehead atoms. The van der Waals surface area contributed by atoms with E-state index in [1.807, 2.05) is 40.7 Å². The molecule has 1 aromatic carbocycles. The second-order valence-corrected chi connectivity index (χ2v) is 7.21. The van der Waals surface area contributed by atoms with Crippen molar-refractivity contribution in [1.29, 1.82) is 0 Å². The molecule has 0 radical (unpaired) electrons. The number of hydrogen-bond acceptors (Lipinski definition) is 4. The van der Waals surface area contributed by atoms with E-state index in [0.29, 0.717) is 22.5 Å². The molecule has 1 heterocycles. The van der Waals surface area contributed by atoms with Gasteiger partial charge < -0.3 is 4.90 Å². The van der Waals surface area contributed by atoms with Crippen LogP contribution in [0.2, 0.25) is 5.02 Å². The first-order chi connectivity index (χ1) is 12.2.